The molecule has 1 aliphatic heterocycles. The molecule has 4 aromatic rings. The number of alkyl halides is 1. The number of hydrogen-bond donors (Lipinski definition) is 1. The fourth-order valence-corrected chi connectivity index (χ4v) is 4.65. The van der Waals surface area contributed by atoms with Gasteiger partial charge in [0, 0.05) is 16.6 Å². The molecular weight excluding hydrogens is 589 g/mol. The highest BCUT2D eigenvalue weighted by Crippen LogP contribution is 2.36. The largest absolute Gasteiger partial charge is 0.497 e. The Hall–Kier alpha value is -3.76. The molecule has 39 heavy (non-hydrogen) atoms. The van der Waals surface area contributed by atoms with Crippen molar-refractivity contribution >= 4 is 39.3 Å². The molecule has 0 saturated carbocycles. The van der Waals surface area contributed by atoms with Crippen LogP contribution in [0.15, 0.2) is 77.4 Å². The molecule has 200 valence electrons. The lowest BCUT2D eigenvalue weighted by molar-refractivity contribution is -0.120. The summed E-state index contributed by atoms with van der Waals surface area (Å²) in [5.41, 5.74) is 1.21. The molecule has 2 heterocycles. The van der Waals surface area contributed by atoms with Crippen LogP contribution in [0.25, 0.3) is 5.69 Å². The van der Waals surface area contributed by atoms with Gasteiger partial charge in [-0.1, -0.05) is 41.1 Å². The molecule has 8 nitrogen and oxygen atoms in total. The minimum Gasteiger partial charge on any atom is -0.497 e. The number of likely N-dealkylation sites (tertiary alicyclic amines) is 1. The summed E-state index contributed by atoms with van der Waals surface area (Å²) in [6, 6.07) is 19.5. The highest BCUT2D eigenvalue weighted by Gasteiger charge is 2.49. The topological polar surface area (TPSA) is 89.4 Å². The molecule has 3 aromatic carbocycles. The van der Waals surface area contributed by atoms with E-state index in [4.69, 9.17) is 16.3 Å². The molecule has 5 rings (SSSR count). The Morgan fingerprint density at radius 3 is 2.44 bits per heavy atom. The Morgan fingerprint density at radius 2 is 1.77 bits per heavy atom. The Kier molecular flexibility index (Phi) is 7.67. The number of methoxy groups -OCH3 is 1. The Balaban J connectivity index is 1.13. The summed E-state index contributed by atoms with van der Waals surface area (Å²) < 4.78 is 22.8. The fraction of sp³-hybridized carbons (Fsp3) is 0.214. The van der Waals surface area contributed by atoms with Gasteiger partial charge in [-0.15, -0.1) is 5.10 Å². The summed E-state index contributed by atoms with van der Waals surface area (Å²) in [5, 5.41) is 11.4. The molecule has 0 radical (unpaired) electrons. The van der Waals surface area contributed by atoms with Crippen LogP contribution >= 0.6 is 27.5 Å². The highest BCUT2D eigenvalue weighted by atomic mass is 79.9. The molecular formula is C28H24BrClFN5O3. The summed E-state index contributed by atoms with van der Waals surface area (Å²) in [5.74, 6) is 0.352. The van der Waals surface area contributed by atoms with Crippen LogP contribution in [0.4, 0.5) is 4.39 Å². The third-order valence-corrected chi connectivity index (χ3v) is 7.74. The molecule has 1 aromatic heterocycles. The molecule has 1 saturated heterocycles. The van der Waals surface area contributed by atoms with E-state index in [2.05, 4.69) is 31.6 Å². The van der Waals surface area contributed by atoms with Crippen LogP contribution in [0.1, 0.15) is 27.2 Å². The second-order valence-electron chi connectivity index (χ2n) is 9.27. The van der Waals surface area contributed by atoms with Crippen molar-refractivity contribution in [2.45, 2.75) is 18.6 Å². The van der Waals surface area contributed by atoms with Crippen LogP contribution in [0.3, 0.4) is 0 Å². The van der Waals surface area contributed by atoms with E-state index in [9.17, 15) is 9.59 Å². The first-order valence-electron chi connectivity index (χ1n) is 12.1. The molecule has 0 spiro atoms. The van der Waals surface area contributed by atoms with Gasteiger partial charge in [0.15, 0.2) is 5.67 Å². The summed E-state index contributed by atoms with van der Waals surface area (Å²) in [6.07, 6.45) is 1.77. The SMILES string of the molecule is COc1ccc(CC(=O)NCc2ccc(C(=O)N3CC(F)(c4cn(-c5ccc(Br)c(Cl)c5)nn4)C3)cc2)cc1. The lowest BCUT2D eigenvalue weighted by atomic mass is 9.92. The zero-order valence-corrected chi connectivity index (χ0v) is 23.2. The number of nitrogens with one attached hydrogen (secondary N) is 1. The molecule has 1 fully saturated rings. The van der Waals surface area contributed by atoms with E-state index < -0.39 is 5.67 Å². The third kappa shape index (κ3) is 5.97. The fourth-order valence-electron chi connectivity index (χ4n) is 4.23. The molecule has 0 unspecified atom stereocenters. The smallest absolute Gasteiger partial charge is 0.254 e. The van der Waals surface area contributed by atoms with Crippen molar-refractivity contribution in [1.82, 2.24) is 25.2 Å². The van der Waals surface area contributed by atoms with Crippen LogP contribution in [-0.2, 0) is 23.4 Å². The predicted molar refractivity (Wildman–Crippen MR) is 148 cm³/mol. The lowest BCUT2D eigenvalue weighted by Gasteiger charge is -2.43. The van der Waals surface area contributed by atoms with Gasteiger partial charge < -0.3 is 15.0 Å². The molecule has 11 heteroatoms. The number of nitrogens with zero attached hydrogens (tertiary/aromatic N) is 4. The number of benzene rings is 3. The number of halogens is 3. The highest BCUT2D eigenvalue weighted by molar-refractivity contribution is 9.10. The second-order valence-corrected chi connectivity index (χ2v) is 10.5. The van der Waals surface area contributed by atoms with Gasteiger partial charge in [-0.25, -0.2) is 9.07 Å². The van der Waals surface area contributed by atoms with Gasteiger partial charge >= 0.3 is 0 Å². The second kappa shape index (κ2) is 11.2. The lowest BCUT2D eigenvalue weighted by Crippen LogP contribution is -2.59. The van der Waals surface area contributed by atoms with E-state index in [1.54, 1.807) is 49.6 Å². The van der Waals surface area contributed by atoms with Gasteiger partial charge in [0.2, 0.25) is 5.91 Å². The van der Waals surface area contributed by atoms with Crippen LogP contribution < -0.4 is 10.1 Å². The normalized spacial score (nSPS) is 14.0. The summed E-state index contributed by atoms with van der Waals surface area (Å²) >= 11 is 9.48. The Labute approximate surface area is 237 Å². The molecule has 0 bridgehead atoms. The number of rotatable bonds is 8. The van der Waals surface area contributed by atoms with E-state index in [1.165, 1.54) is 15.8 Å². The van der Waals surface area contributed by atoms with Gasteiger partial charge in [0.25, 0.3) is 5.91 Å². The van der Waals surface area contributed by atoms with Gasteiger partial charge in [-0.2, -0.15) is 0 Å². The summed E-state index contributed by atoms with van der Waals surface area (Å²) in [6.45, 7) is 0.101. The maximum absolute atomic E-state index is 15.5. The quantitative estimate of drug-likeness (QED) is 0.307. The van der Waals surface area contributed by atoms with Crippen molar-refractivity contribution in [3.05, 3.63) is 105 Å². The molecule has 0 atom stereocenters. The minimum atomic E-state index is -1.78. The number of ether oxygens (including phenoxy) is 1. The van der Waals surface area contributed by atoms with Crippen LogP contribution in [-0.4, -0.2) is 51.9 Å². The average molecular weight is 613 g/mol. The van der Waals surface area contributed by atoms with E-state index in [1.807, 2.05) is 24.3 Å². The van der Waals surface area contributed by atoms with E-state index >= 15 is 4.39 Å². The van der Waals surface area contributed by atoms with E-state index in [0.717, 1.165) is 21.3 Å². The zero-order valence-electron chi connectivity index (χ0n) is 20.9. The zero-order chi connectivity index (χ0) is 27.6. The van der Waals surface area contributed by atoms with Crippen LogP contribution in [0.2, 0.25) is 5.02 Å². The molecule has 0 aliphatic carbocycles. The Morgan fingerprint density at radius 1 is 1.08 bits per heavy atom. The number of aromatic nitrogens is 3. The van der Waals surface area contributed by atoms with Gasteiger partial charge in [-0.05, 0) is 69.5 Å². The van der Waals surface area contributed by atoms with Crippen molar-refractivity contribution in [1.29, 1.82) is 0 Å². The monoisotopic (exact) mass is 611 g/mol. The van der Waals surface area contributed by atoms with Crippen molar-refractivity contribution in [2.75, 3.05) is 20.2 Å². The molecule has 1 aliphatic rings. The standard InChI is InChI=1S/C28H24BrClFN5O3/c1-39-22-9-4-18(5-10-22)12-26(37)32-14-19-2-6-20(7-3-19)27(38)35-16-28(31,17-35)25-15-36(34-33-25)21-8-11-23(29)24(30)13-21/h2-11,13,15H,12,14,16-17H2,1H3,(H,32,37). The minimum absolute atomic E-state index is 0.111. The van der Waals surface area contributed by atoms with Gasteiger partial charge in [0.05, 0.1) is 43.5 Å². The maximum atomic E-state index is 15.5. The van der Waals surface area contributed by atoms with Gasteiger partial charge in [0.1, 0.15) is 11.4 Å². The number of amides is 2. The van der Waals surface area contributed by atoms with Crippen molar-refractivity contribution in [3.8, 4) is 11.4 Å². The predicted octanol–water partition coefficient (Wildman–Crippen LogP) is 4.87. The van der Waals surface area contributed by atoms with Crippen LogP contribution in [0, 0.1) is 0 Å². The molecule has 2 amide bonds. The average Bonchev–Trinajstić information content (AvgIpc) is 3.43. The number of hydrogen-bond acceptors (Lipinski definition) is 5. The summed E-state index contributed by atoms with van der Waals surface area (Å²) in [7, 11) is 1.59. The maximum Gasteiger partial charge on any atom is 0.254 e. The third-order valence-electron chi connectivity index (χ3n) is 6.50. The first-order chi connectivity index (χ1) is 18.7. The van der Waals surface area contributed by atoms with Crippen molar-refractivity contribution in [2.24, 2.45) is 0 Å². The number of carbonyl (C=O) groups excluding carboxylic acids is 2. The molecule has 1 N–H and O–H groups in total. The van der Waals surface area contributed by atoms with Crippen LogP contribution in [0.5, 0.6) is 5.75 Å². The van der Waals surface area contributed by atoms with Crippen molar-refractivity contribution < 1.29 is 18.7 Å². The van der Waals surface area contributed by atoms with E-state index in [-0.39, 0.29) is 37.0 Å². The first-order valence-corrected chi connectivity index (χ1v) is 13.3. The van der Waals surface area contributed by atoms with Gasteiger partial charge in [-0.3, -0.25) is 9.59 Å². The first kappa shape index (κ1) is 26.8. The number of carbonyl (C=O) groups is 2. The van der Waals surface area contributed by atoms with E-state index in [0.29, 0.717) is 22.8 Å². The summed E-state index contributed by atoms with van der Waals surface area (Å²) in [4.78, 5) is 26.6. The van der Waals surface area contributed by atoms with Crippen molar-refractivity contribution in [3.63, 3.8) is 0 Å². The Bertz CT molecular complexity index is 1500.